The molecule has 0 aliphatic carbocycles. The lowest BCUT2D eigenvalue weighted by Crippen LogP contribution is -2.35. The van der Waals surface area contributed by atoms with E-state index in [4.69, 9.17) is 34.8 Å². The average molecular weight is 337 g/mol. The van der Waals surface area contributed by atoms with E-state index in [1.807, 2.05) is 0 Å². The number of halogens is 3. The number of rotatable bonds is 3. The van der Waals surface area contributed by atoms with Crippen molar-refractivity contribution in [3.8, 4) is 0 Å². The van der Waals surface area contributed by atoms with Crippen LogP contribution in [0.15, 0.2) is 12.1 Å². The molecule has 1 amide bonds. The van der Waals surface area contributed by atoms with Crippen molar-refractivity contribution < 1.29 is 4.79 Å². The van der Waals surface area contributed by atoms with E-state index in [0.717, 1.165) is 32.6 Å². The zero-order valence-electron chi connectivity index (χ0n) is 10.9. The topological polar surface area (TPSA) is 44.4 Å². The summed E-state index contributed by atoms with van der Waals surface area (Å²) in [5, 5.41) is 7.17. The van der Waals surface area contributed by atoms with Crippen molar-refractivity contribution in [3.05, 3.63) is 27.2 Å². The molecule has 1 aliphatic rings. The van der Waals surface area contributed by atoms with E-state index in [1.165, 1.54) is 0 Å². The van der Waals surface area contributed by atoms with Gasteiger partial charge in [0, 0.05) is 18.1 Å². The van der Waals surface area contributed by atoms with Crippen LogP contribution in [0.3, 0.4) is 0 Å². The van der Waals surface area contributed by atoms with Crippen LogP contribution in [-0.2, 0) is 4.79 Å². The van der Waals surface area contributed by atoms with Crippen molar-refractivity contribution in [1.29, 1.82) is 0 Å². The summed E-state index contributed by atoms with van der Waals surface area (Å²) in [5.74, 6) is -0.127. The van der Waals surface area contributed by atoms with Gasteiger partial charge in [0.05, 0.1) is 22.3 Å². The molecule has 2 N–H and O–H groups in total. The lowest BCUT2D eigenvalue weighted by Gasteiger charge is -2.19. The minimum atomic E-state index is -0.127. The second kappa shape index (κ2) is 7.48. The Bertz CT molecular complexity index is 465. The molecule has 1 aliphatic heterocycles. The third-order valence-corrected chi connectivity index (χ3v) is 3.89. The number of nitrogens with zero attached hydrogens (tertiary/aromatic N) is 1. The van der Waals surface area contributed by atoms with Gasteiger partial charge in [-0.25, -0.2) is 0 Å². The molecule has 1 aromatic carbocycles. The monoisotopic (exact) mass is 335 g/mol. The highest BCUT2D eigenvalue weighted by Gasteiger charge is 2.15. The normalized spacial score (nSPS) is 16.8. The van der Waals surface area contributed by atoms with E-state index in [2.05, 4.69) is 15.5 Å². The van der Waals surface area contributed by atoms with Crippen LogP contribution in [0.2, 0.25) is 15.1 Å². The summed E-state index contributed by atoms with van der Waals surface area (Å²) >= 11 is 17.9. The van der Waals surface area contributed by atoms with Crippen LogP contribution in [0.4, 0.5) is 5.69 Å². The number of anilines is 1. The minimum absolute atomic E-state index is 0.127. The summed E-state index contributed by atoms with van der Waals surface area (Å²) in [6, 6.07) is 3.11. The highest BCUT2D eigenvalue weighted by molar-refractivity contribution is 6.42. The summed E-state index contributed by atoms with van der Waals surface area (Å²) in [5.41, 5.74) is 0.413. The lowest BCUT2D eigenvalue weighted by atomic mass is 10.3. The third-order valence-electron chi connectivity index (χ3n) is 3.07. The molecule has 2 rings (SSSR count). The molecule has 0 unspecified atom stereocenters. The first-order valence-corrected chi connectivity index (χ1v) is 7.57. The molecule has 0 radical (unpaired) electrons. The van der Waals surface area contributed by atoms with Crippen LogP contribution in [0.5, 0.6) is 0 Å². The minimum Gasteiger partial charge on any atom is -0.322 e. The second-order valence-electron chi connectivity index (χ2n) is 4.67. The van der Waals surface area contributed by atoms with Crippen molar-refractivity contribution in [2.24, 2.45) is 0 Å². The van der Waals surface area contributed by atoms with Crippen LogP contribution >= 0.6 is 34.8 Å². The van der Waals surface area contributed by atoms with Gasteiger partial charge in [0.1, 0.15) is 0 Å². The van der Waals surface area contributed by atoms with Gasteiger partial charge in [0.25, 0.3) is 0 Å². The quantitative estimate of drug-likeness (QED) is 0.892. The first-order chi connectivity index (χ1) is 9.56. The number of nitrogens with one attached hydrogen (secondary N) is 2. The van der Waals surface area contributed by atoms with Crippen LogP contribution in [0.25, 0.3) is 0 Å². The zero-order valence-corrected chi connectivity index (χ0v) is 13.2. The Morgan fingerprint density at radius 3 is 2.60 bits per heavy atom. The van der Waals surface area contributed by atoms with Crippen molar-refractivity contribution >= 4 is 46.4 Å². The standard InChI is InChI=1S/C13H16Cl3N3O/c14-9-6-10(15)13(11(16)7-9)18-12(20)8-19-4-1-2-17-3-5-19/h6-7,17H,1-5,8H2,(H,18,20). The maximum absolute atomic E-state index is 12.1. The van der Waals surface area contributed by atoms with Crippen LogP contribution in [0.1, 0.15) is 6.42 Å². The Balaban J connectivity index is 1.97. The van der Waals surface area contributed by atoms with Crippen molar-refractivity contribution in [3.63, 3.8) is 0 Å². The van der Waals surface area contributed by atoms with Gasteiger partial charge < -0.3 is 10.6 Å². The number of carbonyl (C=O) groups is 1. The van der Waals surface area contributed by atoms with Gasteiger partial charge >= 0.3 is 0 Å². The Labute approximate surface area is 133 Å². The fourth-order valence-corrected chi connectivity index (χ4v) is 3.01. The molecule has 0 bridgehead atoms. The molecule has 1 aromatic rings. The number of amides is 1. The highest BCUT2D eigenvalue weighted by atomic mass is 35.5. The summed E-state index contributed by atoms with van der Waals surface area (Å²) < 4.78 is 0. The average Bonchev–Trinajstić information content (AvgIpc) is 2.62. The molecule has 20 heavy (non-hydrogen) atoms. The predicted octanol–water partition coefficient (Wildman–Crippen LogP) is 2.88. The number of benzene rings is 1. The molecule has 0 atom stereocenters. The molecule has 0 aromatic heterocycles. The highest BCUT2D eigenvalue weighted by Crippen LogP contribution is 2.33. The maximum atomic E-state index is 12.1. The molecule has 7 heteroatoms. The van der Waals surface area contributed by atoms with Crippen LogP contribution < -0.4 is 10.6 Å². The maximum Gasteiger partial charge on any atom is 0.238 e. The van der Waals surface area contributed by atoms with Gasteiger partial charge in [0.15, 0.2) is 0 Å². The van der Waals surface area contributed by atoms with Crippen LogP contribution in [0, 0.1) is 0 Å². The second-order valence-corrected chi connectivity index (χ2v) is 5.92. The van der Waals surface area contributed by atoms with Crippen molar-refractivity contribution in [2.45, 2.75) is 6.42 Å². The van der Waals surface area contributed by atoms with Gasteiger partial charge in [-0.3, -0.25) is 9.69 Å². The SMILES string of the molecule is O=C(CN1CCCNCC1)Nc1c(Cl)cc(Cl)cc1Cl. The molecular weight excluding hydrogens is 321 g/mol. The molecule has 0 spiro atoms. The van der Waals surface area contributed by atoms with Crippen molar-refractivity contribution in [1.82, 2.24) is 10.2 Å². The summed E-state index contributed by atoms with van der Waals surface area (Å²) in [4.78, 5) is 14.2. The van der Waals surface area contributed by atoms with Gasteiger partial charge in [-0.1, -0.05) is 34.8 Å². The van der Waals surface area contributed by atoms with Gasteiger partial charge in [-0.05, 0) is 31.6 Å². The molecule has 0 saturated carbocycles. The van der Waals surface area contributed by atoms with E-state index in [0.29, 0.717) is 27.3 Å². The number of hydrogen-bond donors (Lipinski definition) is 2. The smallest absolute Gasteiger partial charge is 0.238 e. The molecule has 110 valence electrons. The summed E-state index contributed by atoms with van der Waals surface area (Å²) in [6.45, 7) is 3.98. The van der Waals surface area contributed by atoms with Gasteiger partial charge in [-0.15, -0.1) is 0 Å². The fourth-order valence-electron chi connectivity index (χ4n) is 2.10. The molecular formula is C13H16Cl3N3O. The largest absolute Gasteiger partial charge is 0.322 e. The van der Waals surface area contributed by atoms with E-state index in [9.17, 15) is 4.79 Å². The lowest BCUT2D eigenvalue weighted by molar-refractivity contribution is -0.117. The van der Waals surface area contributed by atoms with E-state index in [1.54, 1.807) is 12.1 Å². The first kappa shape index (κ1) is 15.9. The van der Waals surface area contributed by atoms with Gasteiger partial charge in [-0.2, -0.15) is 0 Å². The van der Waals surface area contributed by atoms with Crippen LogP contribution in [-0.4, -0.2) is 43.5 Å². The van der Waals surface area contributed by atoms with E-state index < -0.39 is 0 Å². The number of hydrogen-bond acceptors (Lipinski definition) is 3. The Morgan fingerprint density at radius 2 is 1.90 bits per heavy atom. The van der Waals surface area contributed by atoms with E-state index in [-0.39, 0.29) is 5.91 Å². The van der Waals surface area contributed by atoms with Crippen molar-refractivity contribution in [2.75, 3.05) is 38.0 Å². The zero-order chi connectivity index (χ0) is 14.5. The third kappa shape index (κ3) is 4.50. The molecule has 1 saturated heterocycles. The summed E-state index contributed by atoms with van der Waals surface area (Å²) in [6.07, 6.45) is 1.04. The predicted molar refractivity (Wildman–Crippen MR) is 84.0 cm³/mol. The Morgan fingerprint density at radius 1 is 1.20 bits per heavy atom. The molecule has 1 fully saturated rings. The number of carbonyl (C=O) groups excluding carboxylic acids is 1. The Hall–Kier alpha value is -0.520. The summed E-state index contributed by atoms with van der Waals surface area (Å²) in [7, 11) is 0. The fraction of sp³-hybridized carbons (Fsp3) is 0.462. The molecule has 1 heterocycles. The first-order valence-electron chi connectivity index (χ1n) is 6.44. The van der Waals surface area contributed by atoms with Gasteiger partial charge in [0.2, 0.25) is 5.91 Å². The Kier molecular flexibility index (Phi) is 5.93. The van der Waals surface area contributed by atoms with E-state index >= 15 is 0 Å². The molecule has 4 nitrogen and oxygen atoms in total.